The van der Waals surface area contributed by atoms with Gasteiger partial charge in [-0.3, -0.25) is 14.3 Å². The molecule has 2 unspecified atom stereocenters. The Bertz CT molecular complexity index is 1140. The molecule has 1 heterocycles. The van der Waals surface area contributed by atoms with Crippen LogP contribution < -0.4 is 10.0 Å². The number of piperidine rings is 1. The summed E-state index contributed by atoms with van der Waals surface area (Å²) in [5, 5.41) is 2.93. The van der Waals surface area contributed by atoms with E-state index in [2.05, 4.69) is 10.0 Å². The lowest BCUT2D eigenvalue weighted by atomic mass is 9.92. The number of anilines is 1. The van der Waals surface area contributed by atoms with E-state index in [0.717, 1.165) is 25.0 Å². The molecule has 2 atom stereocenters. The molecular weight excluding hydrogens is 464 g/mol. The van der Waals surface area contributed by atoms with E-state index in [1.165, 1.54) is 24.3 Å². The van der Waals surface area contributed by atoms with Crippen LogP contribution in [0.4, 0.5) is 14.5 Å². The van der Waals surface area contributed by atoms with Crippen LogP contribution in [0.1, 0.15) is 49.9 Å². The lowest BCUT2D eigenvalue weighted by Gasteiger charge is -2.37. The van der Waals surface area contributed by atoms with Crippen LogP contribution in [0.2, 0.25) is 0 Å². The van der Waals surface area contributed by atoms with Crippen LogP contribution >= 0.6 is 0 Å². The van der Waals surface area contributed by atoms with Gasteiger partial charge in [-0.25, -0.2) is 17.2 Å². The van der Waals surface area contributed by atoms with Crippen LogP contribution in [0.5, 0.6) is 0 Å². The number of rotatable bonds is 8. The molecule has 1 aliphatic heterocycles. The first-order valence-electron chi connectivity index (χ1n) is 11.3. The zero-order valence-corrected chi connectivity index (χ0v) is 20.0. The van der Waals surface area contributed by atoms with Crippen molar-refractivity contribution >= 4 is 27.5 Å². The molecule has 0 aromatic heterocycles. The first-order valence-corrected chi connectivity index (χ1v) is 12.8. The Balaban J connectivity index is 1.67. The molecular formula is C24H29F2N3O4S. The van der Waals surface area contributed by atoms with Crippen molar-refractivity contribution in [1.29, 1.82) is 0 Å². The van der Waals surface area contributed by atoms with Gasteiger partial charge in [-0.15, -0.1) is 0 Å². The average Bonchev–Trinajstić information content (AvgIpc) is 2.81. The summed E-state index contributed by atoms with van der Waals surface area (Å²) in [6.07, 6.45) is 3.32. The lowest BCUT2D eigenvalue weighted by Crippen LogP contribution is -2.49. The Kier molecular flexibility index (Phi) is 8.24. The highest BCUT2D eigenvalue weighted by Crippen LogP contribution is 2.25. The van der Waals surface area contributed by atoms with E-state index in [4.69, 9.17) is 0 Å². The third kappa shape index (κ3) is 6.11. The number of nitrogens with one attached hydrogen (secondary N) is 2. The Morgan fingerprint density at radius 1 is 1.06 bits per heavy atom. The molecule has 2 aromatic rings. The van der Waals surface area contributed by atoms with Gasteiger partial charge in [0.25, 0.3) is 15.9 Å². The molecule has 10 heteroatoms. The Labute approximate surface area is 198 Å². The summed E-state index contributed by atoms with van der Waals surface area (Å²) in [6.45, 7) is 4.93. The van der Waals surface area contributed by atoms with Crippen molar-refractivity contribution in [3.63, 3.8) is 0 Å². The molecule has 2 amide bonds. The van der Waals surface area contributed by atoms with Crippen molar-refractivity contribution in [3.05, 3.63) is 59.7 Å². The summed E-state index contributed by atoms with van der Waals surface area (Å²) < 4.78 is 53.7. The van der Waals surface area contributed by atoms with E-state index >= 15 is 0 Å². The second-order valence-electron chi connectivity index (χ2n) is 8.48. The summed E-state index contributed by atoms with van der Waals surface area (Å²) >= 11 is 0. The minimum atomic E-state index is -4.14. The zero-order chi connectivity index (χ0) is 24.9. The average molecular weight is 494 g/mol. The minimum Gasteiger partial charge on any atom is -0.356 e. The Morgan fingerprint density at radius 2 is 1.76 bits per heavy atom. The SMILES string of the molecule is CCCCNC(=O)C1CCC(C)N(C(=O)c2ccc(NS(=O)(=O)c3ccc(F)c(F)c3)cc2)C1. The summed E-state index contributed by atoms with van der Waals surface area (Å²) in [4.78, 5) is 26.8. The molecule has 0 bridgehead atoms. The molecule has 0 radical (unpaired) electrons. The molecule has 3 rings (SSSR count). The molecule has 0 saturated carbocycles. The van der Waals surface area contributed by atoms with Crippen molar-refractivity contribution in [2.24, 2.45) is 5.92 Å². The second-order valence-corrected chi connectivity index (χ2v) is 10.2. The van der Waals surface area contributed by atoms with Crippen LogP contribution in [0.15, 0.2) is 47.4 Å². The molecule has 2 N–H and O–H groups in total. The zero-order valence-electron chi connectivity index (χ0n) is 19.2. The van der Waals surface area contributed by atoms with E-state index in [-0.39, 0.29) is 29.5 Å². The standard InChI is InChI=1S/C24H29F2N3O4S/c1-3-4-13-27-23(30)18-6-5-16(2)29(15-18)24(31)17-7-9-19(10-8-17)28-34(32,33)20-11-12-21(25)22(26)14-20/h7-12,14,16,18,28H,3-6,13,15H2,1-2H3,(H,27,30). The van der Waals surface area contributed by atoms with Crippen LogP contribution in [-0.4, -0.2) is 44.3 Å². The van der Waals surface area contributed by atoms with E-state index in [1.807, 2.05) is 13.8 Å². The quantitative estimate of drug-likeness (QED) is 0.545. The van der Waals surface area contributed by atoms with Crippen molar-refractivity contribution in [3.8, 4) is 0 Å². The van der Waals surface area contributed by atoms with Crippen molar-refractivity contribution in [2.45, 2.75) is 50.5 Å². The van der Waals surface area contributed by atoms with Crippen molar-refractivity contribution in [2.75, 3.05) is 17.8 Å². The number of carbonyl (C=O) groups excluding carboxylic acids is 2. The first kappa shape index (κ1) is 25.6. The number of carbonyl (C=O) groups is 2. The third-order valence-electron chi connectivity index (χ3n) is 5.93. The summed E-state index contributed by atoms with van der Waals surface area (Å²) in [5.74, 6) is -2.96. The van der Waals surface area contributed by atoms with Gasteiger partial charge in [-0.2, -0.15) is 0 Å². The molecule has 1 aliphatic rings. The first-order chi connectivity index (χ1) is 16.1. The molecule has 0 spiro atoms. The molecule has 2 aromatic carbocycles. The monoisotopic (exact) mass is 493 g/mol. The minimum absolute atomic E-state index is 0.0289. The third-order valence-corrected chi connectivity index (χ3v) is 7.31. The maximum absolute atomic E-state index is 13.4. The van der Waals surface area contributed by atoms with Gasteiger partial charge in [0.15, 0.2) is 11.6 Å². The van der Waals surface area contributed by atoms with Gasteiger partial charge in [0.1, 0.15) is 0 Å². The van der Waals surface area contributed by atoms with Crippen molar-refractivity contribution < 1.29 is 26.8 Å². The molecule has 34 heavy (non-hydrogen) atoms. The van der Waals surface area contributed by atoms with Crippen LogP contribution in [0.3, 0.4) is 0 Å². The summed E-state index contributed by atoms with van der Waals surface area (Å²) in [7, 11) is -4.14. The van der Waals surface area contributed by atoms with Crippen LogP contribution in [-0.2, 0) is 14.8 Å². The summed E-state index contributed by atoms with van der Waals surface area (Å²) in [5.41, 5.74) is 0.524. The number of unbranched alkanes of at least 4 members (excludes halogenated alkanes) is 1. The number of hydrogen-bond acceptors (Lipinski definition) is 4. The highest BCUT2D eigenvalue weighted by atomic mass is 32.2. The predicted molar refractivity (Wildman–Crippen MR) is 125 cm³/mol. The van der Waals surface area contributed by atoms with E-state index in [9.17, 15) is 26.8 Å². The van der Waals surface area contributed by atoms with Crippen LogP contribution in [0, 0.1) is 17.6 Å². The number of hydrogen-bond donors (Lipinski definition) is 2. The highest BCUT2D eigenvalue weighted by molar-refractivity contribution is 7.92. The smallest absolute Gasteiger partial charge is 0.261 e. The summed E-state index contributed by atoms with van der Waals surface area (Å²) in [6, 6.07) is 8.10. The highest BCUT2D eigenvalue weighted by Gasteiger charge is 2.33. The molecule has 7 nitrogen and oxygen atoms in total. The van der Waals surface area contributed by atoms with Gasteiger partial charge in [-0.1, -0.05) is 13.3 Å². The number of amides is 2. The topological polar surface area (TPSA) is 95.6 Å². The molecule has 1 saturated heterocycles. The van der Waals surface area contributed by atoms with E-state index in [0.29, 0.717) is 37.6 Å². The maximum Gasteiger partial charge on any atom is 0.261 e. The number of nitrogens with zero attached hydrogens (tertiary/aromatic N) is 1. The fourth-order valence-corrected chi connectivity index (χ4v) is 4.91. The second kappa shape index (κ2) is 10.9. The van der Waals surface area contributed by atoms with Gasteiger partial charge in [0.2, 0.25) is 5.91 Å². The number of benzene rings is 2. The van der Waals surface area contributed by atoms with Gasteiger partial charge in [0, 0.05) is 30.4 Å². The fraction of sp³-hybridized carbons (Fsp3) is 0.417. The van der Waals surface area contributed by atoms with Gasteiger partial charge in [0.05, 0.1) is 10.8 Å². The molecule has 184 valence electrons. The number of sulfonamides is 1. The van der Waals surface area contributed by atoms with Crippen LogP contribution in [0.25, 0.3) is 0 Å². The van der Waals surface area contributed by atoms with E-state index < -0.39 is 26.6 Å². The predicted octanol–water partition coefficient (Wildman–Crippen LogP) is 3.92. The van der Waals surface area contributed by atoms with E-state index in [1.54, 1.807) is 4.90 Å². The van der Waals surface area contributed by atoms with Crippen molar-refractivity contribution in [1.82, 2.24) is 10.2 Å². The number of likely N-dealkylation sites (tertiary alicyclic amines) is 1. The molecule has 1 fully saturated rings. The fourth-order valence-electron chi connectivity index (χ4n) is 3.84. The molecule has 0 aliphatic carbocycles. The van der Waals surface area contributed by atoms with Gasteiger partial charge < -0.3 is 10.2 Å². The number of halogens is 2. The van der Waals surface area contributed by atoms with Gasteiger partial charge in [-0.05, 0) is 68.7 Å². The lowest BCUT2D eigenvalue weighted by molar-refractivity contribution is -0.126. The Morgan fingerprint density at radius 3 is 2.41 bits per heavy atom. The maximum atomic E-state index is 13.4. The largest absolute Gasteiger partial charge is 0.356 e. The normalized spacial score (nSPS) is 18.4. The Hall–Kier alpha value is -3.01. The van der Waals surface area contributed by atoms with Gasteiger partial charge >= 0.3 is 0 Å².